The van der Waals surface area contributed by atoms with Crippen molar-refractivity contribution in [3.8, 4) is 9.88 Å². The van der Waals surface area contributed by atoms with Crippen molar-refractivity contribution in [2.45, 2.75) is 6.42 Å². The number of thiazole rings is 2. The van der Waals surface area contributed by atoms with E-state index in [9.17, 15) is 0 Å². The third-order valence-electron chi connectivity index (χ3n) is 2.68. The molecule has 0 amide bonds. The van der Waals surface area contributed by atoms with Crippen LogP contribution < -0.4 is 5.32 Å². The van der Waals surface area contributed by atoms with Crippen molar-refractivity contribution in [1.29, 1.82) is 0 Å². The molecule has 0 aliphatic carbocycles. The molecule has 0 fully saturated rings. The Labute approximate surface area is 120 Å². The van der Waals surface area contributed by atoms with Crippen LogP contribution in [0.5, 0.6) is 0 Å². The van der Waals surface area contributed by atoms with Gasteiger partial charge in [0.25, 0.3) is 0 Å². The molecule has 19 heavy (non-hydrogen) atoms. The summed E-state index contributed by atoms with van der Waals surface area (Å²) >= 11 is 3.32. The van der Waals surface area contributed by atoms with Crippen molar-refractivity contribution in [3.05, 3.63) is 53.1 Å². The van der Waals surface area contributed by atoms with Crippen LogP contribution in [0.4, 0.5) is 5.69 Å². The van der Waals surface area contributed by atoms with Gasteiger partial charge in [-0.3, -0.25) is 4.98 Å². The fourth-order valence-corrected chi connectivity index (χ4v) is 3.30. The van der Waals surface area contributed by atoms with Crippen molar-refractivity contribution in [1.82, 2.24) is 9.97 Å². The lowest BCUT2D eigenvalue weighted by atomic mass is 10.3. The summed E-state index contributed by atoms with van der Waals surface area (Å²) in [7, 11) is 0. The number of rotatable bonds is 5. The first-order chi connectivity index (χ1) is 9.42. The SMILES string of the molecule is c1ccc(NCCc2csc(-c3cncs3)n2)cc1. The van der Waals surface area contributed by atoms with Crippen molar-refractivity contribution in [2.75, 3.05) is 11.9 Å². The van der Waals surface area contributed by atoms with Crippen molar-refractivity contribution >= 4 is 28.4 Å². The first kappa shape index (κ1) is 12.3. The Morgan fingerprint density at radius 2 is 2.00 bits per heavy atom. The lowest BCUT2D eigenvalue weighted by Gasteiger charge is -2.03. The Hall–Kier alpha value is -1.72. The number of aromatic nitrogens is 2. The minimum absolute atomic E-state index is 0.899. The van der Waals surface area contributed by atoms with Gasteiger partial charge in [0, 0.05) is 30.2 Å². The summed E-state index contributed by atoms with van der Waals surface area (Å²) < 4.78 is 0. The van der Waals surface area contributed by atoms with Crippen LogP contribution in [0, 0.1) is 0 Å². The van der Waals surface area contributed by atoms with E-state index >= 15 is 0 Å². The first-order valence-corrected chi connectivity index (χ1v) is 7.80. The van der Waals surface area contributed by atoms with Gasteiger partial charge in [0.15, 0.2) is 0 Å². The van der Waals surface area contributed by atoms with Gasteiger partial charge in [-0.2, -0.15) is 0 Å². The Morgan fingerprint density at radius 1 is 1.11 bits per heavy atom. The third kappa shape index (κ3) is 3.19. The fourth-order valence-electron chi connectivity index (χ4n) is 1.75. The number of anilines is 1. The Morgan fingerprint density at radius 3 is 2.79 bits per heavy atom. The van der Waals surface area contributed by atoms with E-state index in [4.69, 9.17) is 0 Å². The molecule has 5 heteroatoms. The molecule has 0 radical (unpaired) electrons. The Kier molecular flexibility index (Phi) is 3.86. The molecule has 3 aromatic rings. The van der Waals surface area contributed by atoms with E-state index in [0.29, 0.717) is 0 Å². The molecule has 0 saturated carbocycles. The smallest absolute Gasteiger partial charge is 0.135 e. The molecule has 3 rings (SSSR count). The van der Waals surface area contributed by atoms with Crippen LogP contribution >= 0.6 is 22.7 Å². The van der Waals surface area contributed by atoms with Gasteiger partial charge in [-0.1, -0.05) is 18.2 Å². The highest BCUT2D eigenvalue weighted by molar-refractivity contribution is 7.19. The maximum absolute atomic E-state index is 4.63. The highest BCUT2D eigenvalue weighted by atomic mass is 32.1. The number of nitrogens with one attached hydrogen (secondary N) is 1. The molecule has 96 valence electrons. The summed E-state index contributed by atoms with van der Waals surface area (Å²) in [5.41, 5.74) is 4.13. The van der Waals surface area contributed by atoms with E-state index < -0.39 is 0 Å². The molecule has 3 nitrogen and oxygen atoms in total. The predicted octanol–water partition coefficient (Wildman–Crippen LogP) is 3.92. The molecular formula is C14H13N3S2. The summed E-state index contributed by atoms with van der Waals surface area (Å²) in [6, 6.07) is 10.2. The molecule has 0 spiro atoms. The Balaban J connectivity index is 1.56. The summed E-state index contributed by atoms with van der Waals surface area (Å²) in [5, 5.41) is 6.59. The van der Waals surface area contributed by atoms with Crippen LogP contribution in [0.2, 0.25) is 0 Å². The normalized spacial score (nSPS) is 10.5. The number of benzene rings is 1. The monoisotopic (exact) mass is 287 g/mol. The predicted molar refractivity (Wildman–Crippen MR) is 81.9 cm³/mol. The van der Waals surface area contributed by atoms with Crippen molar-refractivity contribution < 1.29 is 0 Å². The fraction of sp³-hybridized carbons (Fsp3) is 0.143. The first-order valence-electron chi connectivity index (χ1n) is 6.04. The molecule has 1 aromatic carbocycles. The topological polar surface area (TPSA) is 37.8 Å². The van der Waals surface area contributed by atoms with E-state index in [-0.39, 0.29) is 0 Å². The van der Waals surface area contributed by atoms with Crippen LogP contribution in [0.25, 0.3) is 9.88 Å². The number of hydrogen-bond donors (Lipinski definition) is 1. The minimum Gasteiger partial charge on any atom is -0.385 e. The van der Waals surface area contributed by atoms with Gasteiger partial charge in [0.05, 0.1) is 16.1 Å². The van der Waals surface area contributed by atoms with Gasteiger partial charge in [-0.25, -0.2) is 4.98 Å². The van der Waals surface area contributed by atoms with Crippen molar-refractivity contribution in [3.63, 3.8) is 0 Å². The summed E-state index contributed by atoms with van der Waals surface area (Å²) in [5.74, 6) is 0. The number of nitrogens with zero attached hydrogens (tertiary/aromatic N) is 2. The average Bonchev–Trinajstić information content (AvgIpc) is 3.10. The molecule has 1 N–H and O–H groups in total. The zero-order chi connectivity index (χ0) is 12.9. The standard InChI is InChI=1S/C14H13N3S2/c1-2-4-11(5-3-1)16-7-6-12-9-18-14(17-12)13-8-15-10-19-13/h1-5,8-10,16H,6-7H2. The van der Waals surface area contributed by atoms with E-state index in [1.54, 1.807) is 22.7 Å². The molecule has 0 bridgehead atoms. The van der Waals surface area contributed by atoms with Gasteiger partial charge >= 0.3 is 0 Å². The number of para-hydroxylation sites is 1. The van der Waals surface area contributed by atoms with E-state index in [2.05, 4.69) is 32.8 Å². The molecular weight excluding hydrogens is 274 g/mol. The van der Waals surface area contributed by atoms with E-state index in [1.807, 2.05) is 29.9 Å². The zero-order valence-corrected chi connectivity index (χ0v) is 11.9. The van der Waals surface area contributed by atoms with Gasteiger partial charge in [0.2, 0.25) is 0 Å². The highest BCUT2D eigenvalue weighted by Crippen LogP contribution is 2.26. The molecule has 0 saturated heterocycles. The van der Waals surface area contributed by atoms with Gasteiger partial charge in [-0.05, 0) is 12.1 Å². The largest absolute Gasteiger partial charge is 0.385 e. The van der Waals surface area contributed by atoms with E-state index in [1.165, 1.54) is 0 Å². The molecule has 0 aliphatic rings. The van der Waals surface area contributed by atoms with Gasteiger partial charge < -0.3 is 5.32 Å². The lowest BCUT2D eigenvalue weighted by molar-refractivity contribution is 0.979. The third-order valence-corrected chi connectivity index (χ3v) is 4.51. The summed E-state index contributed by atoms with van der Waals surface area (Å²) in [4.78, 5) is 9.86. The molecule has 0 atom stereocenters. The van der Waals surface area contributed by atoms with Crippen molar-refractivity contribution in [2.24, 2.45) is 0 Å². The Bertz CT molecular complexity index is 617. The molecule has 0 aliphatic heterocycles. The van der Waals surface area contributed by atoms with Gasteiger partial charge in [0.1, 0.15) is 5.01 Å². The maximum atomic E-state index is 4.63. The second-order valence-electron chi connectivity index (χ2n) is 4.05. The van der Waals surface area contributed by atoms with Crippen LogP contribution in [0.15, 0.2) is 47.4 Å². The van der Waals surface area contributed by atoms with E-state index in [0.717, 1.165) is 34.2 Å². The average molecular weight is 287 g/mol. The second-order valence-corrected chi connectivity index (χ2v) is 5.80. The zero-order valence-electron chi connectivity index (χ0n) is 10.2. The quantitative estimate of drug-likeness (QED) is 0.773. The summed E-state index contributed by atoms with van der Waals surface area (Å²) in [6.45, 7) is 0.899. The van der Waals surface area contributed by atoms with Crippen LogP contribution in [-0.2, 0) is 6.42 Å². The van der Waals surface area contributed by atoms with Crippen LogP contribution in [0.1, 0.15) is 5.69 Å². The molecule has 0 unspecified atom stereocenters. The highest BCUT2D eigenvalue weighted by Gasteiger charge is 2.05. The number of hydrogen-bond acceptors (Lipinski definition) is 5. The van der Waals surface area contributed by atoms with Crippen LogP contribution in [-0.4, -0.2) is 16.5 Å². The summed E-state index contributed by atoms with van der Waals surface area (Å²) in [6.07, 6.45) is 2.81. The van der Waals surface area contributed by atoms with Gasteiger partial charge in [-0.15, -0.1) is 22.7 Å². The van der Waals surface area contributed by atoms with Crippen LogP contribution in [0.3, 0.4) is 0 Å². The maximum Gasteiger partial charge on any atom is 0.135 e. The molecule has 2 aromatic heterocycles. The second kappa shape index (κ2) is 5.95. The molecule has 2 heterocycles. The minimum atomic E-state index is 0.899. The lowest BCUT2D eigenvalue weighted by Crippen LogP contribution is -2.04.